The van der Waals surface area contributed by atoms with E-state index >= 15 is 0 Å². The molecule has 2 fully saturated rings. The number of rotatable bonds is 5. The predicted octanol–water partition coefficient (Wildman–Crippen LogP) is 5.44. The molecule has 0 heterocycles. The molecule has 18 heavy (non-hydrogen) atoms. The van der Waals surface area contributed by atoms with Crippen LogP contribution in [-0.2, 0) is 4.74 Å². The van der Waals surface area contributed by atoms with E-state index in [2.05, 4.69) is 13.8 Å². The first-order valence-electron chi connectivity index (χ1n) is 8.23. The summed E-state index contributed by atoms with van der Waals surface area (Å²) < 4.78 is 4.83. The van der Waals surface area contributed by atoms with Gasteiger partial charge in [-0.05, 0) is 69.6 Å². The highest BCUT2D eigenvalue weighted by Crippen LogP contribution is 2.53. The quantitative estimate of drug-likeness (QED) is 0.635. The lowest BCUT2D eigenvalue weighted by molar-refractivity contribution is 0.162. The Kier molecular flexibility index (Phi) is 7.29. The summed E-state index contributed by atoms with van der Waals surface area (Å²) in [6.45, 7) is 10.5. The lowest BCUT2D eigenvalue weighted by Crippen LogP contribution is -2.15. The second kappa shape index (κ2) is 8.19. The van der Waals surface area contributed by atoms with Crippen molar-refractivity contribution in [1.82, 2.24) is 0 Å². The van der Waals surface area contributed by atoms with Crippen molar-refractivity contribution in [1.29, 1.82) is 0 Å². The van der Waals surface area contributed by atoms with E-state index in [1.807, 2.05) is 13.8 Å². The number of unbranched alkanes of at least 4 members (excludes halogenated alkanes) is 1. The monoisotopic (exact) mass is 254 g/mol. The molecular weight excluding hydrogens is 220 g/mol. The summed E-state index contributed by atoms with van der Waals surface area (Å²) in [5.74, 6) is 2.31. The van der Waals surface area contributed by atoms with Crippen LogP contribution in [-0.4, -0.2) is 13.2 Å². The highest BCUT2D eigenvalue weighted by molar-refractivity contribution is 4.92. The Morgan fingerprint density at radius 2 is 1.56 bits per heavy atom. The Labute approximate surface area is 115 Å². The number of ether oxygens (including phenoxy) is 1. The van der Waals surface area contributed by atoms with Crippen molar-refractivity contribution >= 4 is 0 Å². The SMILES string of the molecule is CCCCC1(C)CCC2CC2CC1.CCOCC. The molecule has 0 radical (unpaired) electrons. The van der Waals surface area contributed by atoms with Crippen molar-refractivity contribution < 1.29 is 4.74 Å². The van der Waals surface area contributed by atoms with Crippen molar-refractivity contribution in [2.24, 2.45) is 17.3 Å². The Balaban J connectivity index is 0.000000280. The van der Waals surface area contributed by atoms with Crippen LogP contribution in [0, 0.1) is 17.3 Å². The van der Waals surface area contributed by atoms with E-state index in [4.69, 9.17) is 4.74 Å². The lowest BCUT2D eigenvalue weighted by atomic mass is 9.77. The Bertz CT molecular complexity index is 198. The van der Waals surface area contributed by atoms with E-state index in [0.29, 0.717) is 0 Å². The number of fused-ring (bicyclic) bond motifs is 1. The molecule has 0 bridgehead atoms. The third kappa shape index (κ3) is 5.73. The van der Waals surface area contributed by atoms with Gasteiger partial charge in [0.25, 0.3) is 0 Å². The van der Waals surface area contributed by atoms with Gasteiger partial charge in [0.05, 0.1) is 0 Å². The van der Waals surface area contributed by atoms with Gasteiger partial charge in [-0.2, -0.15) is 0 Å². The van der Waals surface area contributed by atoms with Crippen molar-refractivity contribution in [2.45, 2.75) is 79.1 Å². The molecule has 0 amide bonds. The van der Waals surface area contributed by atoms with Crippen LogP contribution in [0.1, 0.15) is 79.1 Å². The first-order valence-corrected chi connectivity index (χ1v) is 8.23. The molecule has 1 heteroatoms. The normalized spacial score (nSPS) is 34.0. The van der Waals surface area contributed by atoms with Crippen LogP contribution in [0.3, 0.4) is 0 Å². The van der Waals surface area contributed by atoms with Crippen molar-refractivity contribution in [3.05, 3.63) is 0 Å². The highest BCUT2D eigenvalue weighted by atomic mass is 16.5. The maximum atomic E-state index is 4.83. The smallest absolute Gasteiger partial charge is 0.0437 e. The maximum absolute atomic E-state index is 4.83. The maximum Gasteiger partial charge on any atom is 0.0437 e. The van der Waals surface area contributed by atoms with Gasteiger partial charge in [-0.1, -0.05) is 26.7 Å². The van der Waals surface area contributed by atoms with E-state index in [1.165, 1.54) is 32.1 Å². The first-order chi connectivity index (χ1) is 8.65. The fraction of sp³-hybridized carbons (Fsp3) is 1.00. The van der Waals surface area contributed by atoms with Crippen LogP contribution >= 0.6 is 0 Å². The molecule has 2 aliphatic rings. The average Bonchev–Trinajstić information content (AvgIpc) is 3.13. The largest absolute Gasteiger partial charge is 0.382 e. The molecule has 0 spiro atoms. The molecule has 2 unspecified atom stereocenters. The minimum atomic E-state index is 0.726. The number of hydrogen-bond donors (Lipinski definition) is 0. The van der Waals surface area contributed by atoms with E-state index in [1.54, 1.807) is 19.3 Å². The third-order valence-corrected chi connectivity index (χ3v) is 4.85. The molecule has 0 aromatic carbocycles. The van der Waals surface area contributed by atoms with E-state index in [-0.39, 0.29) is 0 Å². The minimum absolute atomic E-state index is 0.726. The van der Waals surface area contributed by atoms with Crippen LogP contribution in [0.2, 0.25) is 0 Å². The Hall–Kier alpha value is -0.0400. The average molecular weight is 254 g/mol. The molecule has 108 valence electrons. The molecule has 0 saturated heterocycles. The summed E-state index contributed by atoms with van der Waals surface area (Å²) in [5.41, 5.74) is 0.726. The molecule has 0 aliphatic heterocycles. The second-order valence-corrected chi connectivity index (χ2v) is 6.53. The number of hydrogen-bond acceptors (Lipinski definition) is 1. The summed E-state index contributed by atoms with van der Waals surface area (Å²) >= 11 is 0. The fourth-order valence-electron chi connectivity index (χ4n) is 3.27. The van der Waals surface area contributed by atoms with Gasteiger partial charge < -0.3 is 4.74 Å². The van der Waals surface area contributed by atoms with Gasteiger partial charge in [-0.3, -0.25) is 0 Å². The van der Waals surface area contributed by atoms with E-state index in [9.17, 15) is 0 Å². The van der Waals surface area contributed by atoms with Crippen LogP contribution in [0.25, 0.3) is 0 Å². The summed E-state index contributed by atoms with van der Waals surface area (Å²) in [6.07, 6.45) is 12.0. The third-order valence-electron chi connectivity index (χ3n) is 4.85. The predicted molar refractivity (Wildman–Crippen MR) is 79.9 cm³/mol. The summed E-state index contributed by atoms with van der Waals surface area (Å²) in [4.78, 5) is 0. The van der Waals surface area contributed by atoms with Crippen molar-refractivity contribution in [3.63, 3.8) is 0 Å². The molecule has 2 rings (SSSR count). The molecule has 1 nitrogen and oxygen atoms in total. The summed E-state index contributed by atoms with van der Waals surface area (Å²) in [5, 5.41) is 0. The Morgan fingerprint density at radius 1 is 1.00 bits per heavy atom. The molecular formula is C17H34O. The van der Waals surface area contributed by atoms with Gasteiger partial charge >= 0.3 is 0 Å². The highest BCUT2D eigenvalue weighted by Gasteiger charge is 2.41. The van der Waals surface area contributed by atoms with Gasteiger partial charge in [-0.15, -0.1) is 0 Å². The van der Waals surface area contributed by atoms with Crippen LogP contribution in [0.5, 0.6) is 0 Å². The first kappa shape index (κ1) is 16.0. The molecule has 0 N–H and O–H groups in total. The van der Waals surface area contributed by atoms with Gasteiger partial charge in [0.1, 0.15) is 0 Å². The van der Waals surface area contributed by atoms with Crippen molar-refractivity contribution in [2.75, 3.05) is 13.2 Å². The standard InChI is InChI=1S/C13H24.C4H10O/c1-3-4-7-13(2)8-5-11-10-12(11)6-9-13;1-3-5-4-2/h11-12H,3-10H2,1-2H3;3-4H2,1-2H3. The fourth-order valence-corrected chi connectivity index (χ4v) is 3.27. The zero-order valence-electron chi connectivity index (χ0n) is 13.1. The zero-order valence-corrected chi connectivity index (χ0v) is 13.1. The van der Waals surface area contributed by atoms with Crippen LogP contribution in [0.4, 0.5) is 0 Å². The topological polar surface area (TPSA) is 9.23 Å². The summed E-state index contributed by atoms with van der Waals surface area (Å²) in [6, 6.07) is 0. The molecule has 2 aliphatic carbocycles. The summed E-state index contributed by atoms with van der Waals surface area (Å²) in [7, 11) is 0. The molecule has 2 saturated carbocycles. The van der Waals surface area contributed by atoms with Crippen molar-refractivity contribution in [3.8, 4) is 0 Å². The molecule has 0 aromatic rings. The van der Waals surface area contributed by atoms with Gasteiger partial charge in [0.15, 0.2) is 0 Å². The molecule has 2 atom stereocenters. The van der Waals surface area contributed by atoms with Gasteiger partial charge in [-0.25, -0.2) is 0 Å². The lowest BCUT2D eigenvalue weighted by Gasteiger charge is -2.28. The zero-order chi connectivity index (χ0) is 13.4. The van der Waals surface area contributed by atoms with Gasteiger partial charge in [0, 0.05) is 13.2 Å². The van der Waals surface area contributed by atoms with Crippen LogP contribution in [0.15, 0.2) is 0 Å². The van der Waals surface area contributed by atoms with Crippen LogP contribution < -0.4 is 0 Å². The Morgan fingerprint density at radius 3 is 1.94 bits per heavy atom. The van der Waals surface area contributed by atoms with Gasteiger partial charge in [0.2, 0.25) is 0 Å². The second-order valence-electron chi connectivity index (χ2n) is 6.53. The van der Waals surface area contributed by atoms with E-state index in [0.717, 1.165) is 30.5 Å². The minimum Gasteiger partial charge on any atom is -0.382 e. The molecule has 0 aromatic heterocycles. The van der Waals surface area contributed by atoms with E-state index < -0.39 is 0 Å².